The molecule has 3 aromatic carbocycles. The van der Waals surface area contributed by atoms with Crippen LogP contribution in [0.2, 0.25) is 0 Å². The molecule has 4 atom stereocenters. The summed E-state index contributed by atoms with van der Waals surface area (Å²) < 4.78 is 40.7. The molecular formula is C33H32FN5O7. The summed E-state index contributed by atoms with van der Waals surface area (Å²) in [6, 6.07) is 24.4. The molecule has 0 aliphatic carbocycles. The van der Waals surface area contributed by atoms with Crippen LogP contribution in [-0.2, 0) is 19.9 Å². The van der Waals surface area contributed by atoms with Crippen molar-refractivity contribution < 1.29 is 33.2 Å². The van der Waals surface area contributed by atoms with E-state index in [1.54, 1.807) is 14.2 Å². The van der Waals surface area contributed by atoms with Gasteiger partial charge in [-0.15, -0.1) is 0 Å². The first-order valence-electron chi connectivity index (χ1n) is 14.5. The van der Waals surface area contributed by atoms with Gasteiger partial charge < -0.3 is 24.1 Å². The lowest BCUT2D eigenvalue weighted by Crippen LogP contribution is -2.39. The van der Waals surface area contributed by atoms with Gasteiger partial charge in [-0.1, -0.05) is 54.6 Å². The van der Waals surface area contributed by atoms with Crippen LogP contribution in [0, 0.1) is 0 Å². The number of hydrogen-bond acceptors (Lipinski definition) is 9. The van der Waals surface area contributed by atoms with Gasteiger partial charge in [-0.05, 0) is 41.0 Å². The number of methoxy groups -OCH3 is 2. The van der Waals surface area contributed by atoms with Gasteiger partial charge >= 0.3 is 0 Å². The molecule has 5 aromatic rings. The second kappa shape index (κ2) is 12.7. The number of amides is 1. The standard InChI is InChI=1S/C33H32FN5O7/c1-19(40)36-32-37-29-27(30(42)38-32)35-18-39(29)31-26(34)28(41)25(46-31)17-45-33(20-7-5-4-6-8-20,21-9-13-23(43-2)14-10-21)22-11-15-24(44-3)16-12-22/h4-16,18,25-26,28,31,41H,17H2,1-3H3,(H2,36,37,38,40,42). The van der Waals surface area contributed by atoms with E-state index in [-0.39, 0.29) is 23.7 Å². The molecule has 1 amide bonds. The number of alkyl halides is 1. The van der Waals surface area contributed by atoms with Crippen molar-refractivity contribution in [3.05, 3.63) is 112 Å². The minimum absolute atomic E-state index is 0.0241. The maximum Gasteiger partial charge on any atom is 0.280 e. The van der Waals surface area contributed by atoms with Crippen LogP contribution >= 0.6 is 0 Å². The van der Waals surface area contributed by atoms with E-state index in [1.807, 2.05) is 78.9 Å². The van der Waals surface area contributed by atoms with Gasteiger partial charge in [-0.3, -0.25) is 24.5 Å². The lowest BCUT2D eigenvalue weighted by molar-refractivity contribution is -0.114. The normalized spacial score (nSPS) is 19.7. The van der Waals surface area contributed by atoms with Gasteiger partial charge in [-0.2, -0.15) is 4.98 Å². The van der Waals surface area contributed by atoms with Gasteiger partial charge in [-0.25, -0.2) is 9.37 Å². The highest BCUT2D eigenvalue weighted by Crippen LogP contribution is 2.43. The van der Waals surface area contributed by atoms with Gasteiger partial charge in [0.1, 0.15) is 29.3 Å². The monoisotopic (exact) mass is 629 g/mol. The Balaban J connectivity index is 1.38. The zero-order chi connectivity index (χ0) is 32.4. The third-order valence-corrected chi connectivity index (χ3v) is 7.93. The topological polar surface area (TPSA) is 150 Å². The zero-order valence-corrected chi connectivity index (χ0v) is 25.2. The van der Waals surface area contributed by atoms with Crippen LogP contribution in [0.4, 0.5) is 10.3 Å². The average Bonchev–Trinajstić information content (AvgIpc) is 3.62. The lowest BCUT2D eigenvalue weighted by atomic mass is 9.80. The number of aliphatic hydroxyl groups is 1. The Morgan fingerprint density at radius 3 is 2.15 bits per heavy atom. The summed E-state index contributed by atoms with van der Waals surface area (Å²) in [5.74, 6) is 0.712. The highest BCUT2D eigenvalue weighted by atomic mass is 19.1. The highest BCUT2D eigenvalue weighted by molar-refractivity contribution is 5.87. The van der Waals surface area contributed by atoms with Crippen molar-refractivity contribution in [3.8, 4) is 11.5 Å². The largest absolute Gasteiger partial charge is 0.497 e. The van der Waals surface area contributed by atoms with Crippen molar-refractivity contribution in [3.63, 3.8) is 0 Å². The first-order chi connectivity index (χ1) is 22.2. The van der Waals surface area contributed by atoms with E-state index in [9.17, 15) is 14.7 Å². The molecule has 0 spiro atoms. The molecule has 2 aromatic heterocycles. The fourth-order valence-electron chi connectivity index (χ4n) is 5.68. The third-order valence-electron chi connectivity index (χ3n) is 7.93. The summed E-state index contributed by atoms with van der Waals surface area (Å²) >= 11 is 0. The first kappa shape index (κ1) is 30.9. The number of hydrogen-bond donors (Lipinski definition) is 3. The molecule has 1 aliphatic heterocycles. The predicted molar refractivity (Wildman–Crippen MR) is 166 cm³/mol. The number of fused-ring (bicyclic) bond motifs is 1. The molecule has 46 heavy (non-hydrogen) atoms. The number of H-pyrrole nitrogens is 1. The number of rotatable bonds is 10. The van der Waals surface area contributed by atoms with E-state index in [4.69, 9.17) is 18.9 Å². The van der Waals surface area contributed by atoms with Gasteiger partial charge in [0.25, 0.3) is 5.56 Å². The molecule has 12 nitrogen and oxygen atoms in total. The second-order valence-electron chi connectivity index (χ2n) is 10.7. The number of aromatic amines is 1. The Labute approximate surface area is 262 Å². The van der Waals surface area contributed by atoms with Gasteiger partial charge in [0.15, 0.2) is 23.6 Å². The van der Waals surface area contributed by atoms with Gasteiger partial charge in [0, 0.05) is 6.92 Å². The molecule has 13 heteroatoms. The molecule has 6 rings (SSSR count). The number of carbonyl (C=O) groups is 1. The molecule has 1 fully saturated rings. The number of benzene rings is 3. The van der Waals surface area contributed by atoms with Crippen molar-refractivity contribution in [2.45, 2.75) is 37.1 Å². The smallest absolute Gasteiger partial charge is 0.280 e. The summed E-state index contributed by atoms with van der Waals surface area (Å²) in [7, 11) is 3.16. The summed E-state index contributed by atoms with van der Waals surface area (Å²) in [6.07, 6.45) is -4.83. The Bertz CT molecular complexity index is 1830. The minimum Gasteiger partial charge on any atom is -0.497 e. The van der Waals surface area contributed by atoms with E-state index < -0.39 is 41.7 Å². The Hall–Kier alpha value is -5.11. The van der Waals surface area contributed by atoms with E-state index in [0.29, 0.717) is 11.5 Å². The highest BCUT2D eigenvalue weighted by Gasteiger charge is 2.48. The summed E-state index contributed by atoms with van der Waals surface area (Å²) in [4.78, 5) is 34.9. The van der Waals surface area contributed by atoms with Crippen molar-refractivity contribution >= 4 is 23.0 Å². The third kappa shape index (κ3) is 5.60. The second-order valence-corrected chi connectivity index (χ2v) is 10.7. The fraction of sp³-hybridized carbons (Fsp3) is 0.273. The number of carbonyl (C=O) groups excluding carboxylic acids is 1. The molecule has 3 N–H and O–H groups in total. The molecular weight excluding hydrogens is 597 g/mol. The van der Waals surface area contributed by atoms with Crippen LogP contribution in [0.25, 0.3) is 11.2 Å². The summed E-state index contributed by atoms with van der Waals surface area (Å²) in [5, 5.41) is 13.5. The SMILES string of the molecule is COc1ccc(C(OCC2OC(n3cnc4c(=O)[nH]c(NC(C)=O)nc43)C(F)C2O)(c2ccccc2)c2ccc(OC)cc2)cc1. The number of aromatic nitrogens is 4. The molecule has 1 aliphatic rings. The van der Waals surface area contributed by atoms with E-state index >= 15 is 4.39 Å². The number of imidazole rings is 1. The Morgan fingerprint density at radius 2 is 1.59 bits per heavy atom. The van der Waals surface area contributed by atoms with Crippen LogP contribution in [0.1, 0.15) is 29.8 Å². The van der Waals surface area contributed by atoms with Crippen molar-refractivity contribution in [2.75, 3.05) is 26.1 Å². The first-order valence-corrected chi connectivity index (χ1v) is 14.5. The molecule has 238 valence electrons. The van der Waals surface area contributed by atoms with Crippen LogP contribution < -0.4 is 20.3 Å². The molecule has 3 heterocycles. The number of aliphatic hydroxyl groups excluding tert-OH is 1. The van der Waals surface area contributed by atoms with Crippen molar-refractivity contribution in [1.29, 1.82) is 0 Å². The van der Waals surface area contributed by atoms with E-state index in [2.05, 4.69) is 20.3 Å². The van der Waals surface area contributed by atoms with Crippen molar-refractivity contribution in [2.24, 2.45) is 0 Å². The van der Waals surface area contributed by atoms with Crippen molar-refractivity contribution in [1.82, 2.24) is 19.5 Å². The Morgan fingerprint density at radius 1 is 1.00 bits per heavy atom. The van der Waals surface area contributed by atoms with Crippen LogP contribution in [-0.4, -0.2) is 69.7 Å². The van der Waals surface area contributed by atoms with Gasteiger partial charge in [0.2, 0.25) is 11.9 Å². The van der Waals surface area contributed by atoms with Gasteiger partial charge in [0.05, 0.1) is 27.2 Å². The molecule has 4 unspecified atom stereocenters. The lowest BCUT2D eigenvalue weighted by Gasteiger charge is -2.37. The van der Waals surface area contributed by atoms with Crippen LogP contribution in [0.15, 0.2) is 90.0 Å². The quantitative estimate of drug-likeness (QED) is 0.197. The number of nitrogens with zero attached hydrogens (tertiary/aromatic N) is 3. The molecule has 0 bridgehead atoms. The maximum absolute atomic E-state index is 15.8. The summed E-state index contributed by atoms with van der Waals surface area (Å²) in [5.41, 5.74) is 0.315. The fourth-order valence-corrected chi connectivity index (χ4v) is 5.68. The molecule has 0 radical (unpaired) electrons. The van der Waals surface area contributed by atoms with E-state index in [0.717, 1.165) is 16.7 Å². The predicted octanol–water partition coefficient (Wildman–Crippen LogP) is 3.70. The zero-order valence-electron chi connectivity index (χ0n) is 25.2. The minimum atomic E-state index is -1.93. The maximum atomic E-state index is 15.8. The van der Waals surface area contributed by atoms with Crippen LogP contribution in [0.5, 0.6) is 11.5 Å². The average molecular weight is 630 g/mol. The number of halogens is 1. The van der Waals surface area contributed by atoms with Crippen LogP contribution in [0.3, 0.4) is 0 Å². The summed E-state index contributed by atoms with van der Waals surface area (Å²) in [6.45, 7) is 1.02. The van der Waals surface area contributed by atoms with E-state index in [1.165, 1.54) is 17.8 Å². The molecule has 0 saturated carbocycles. The number of anilines is 1. The number of ether oxygens (including phenoxy) is 4. The molecule has 1 saturated heterocycles. The Kier molecular flexibility index (Phi) is 8.54. The number of nitrogens with one attached hydrogen (secondary N) is 2.